The Kier molecular flexibility index (Phi) is 5.30. The normalized spacial score (nSPS) is 17.0. The molecule has 1 fully saturated rings. The van der Waals surface area contributed by atoms with E-state index in [1.807, 2.05) is 12.1 Å². The number of likely N-dealkylation sites (tertiary alicyclic amines) is 1. The van der Waals surface area contributed by atoms with Gasteiger partial charge in [0, 0.05) is 29.8 Å². The van der Waals surface area contributed by atoms with Gasteiger partial charge in [0.25, 0.3) is 0 Å². The molecule has 28 heavy (non-hydrogen) atoms. The fourth-order valence-electron chi connectivity index (χ4n) is 3.77. The topological polar surface area (TPSA) is 47.7 Å². The summed E-state index contributed by atoms with van der Waals surface area (Å²) in [5.41, 5.74) is 2.78. The number of methoxy groups -OCH3 is 2. The number of rotatable bonds is 6. The van der Waals surface area contributed by atoms with Gasteiger partial charge in [-0.3, -0.25) is 4.90 Å². The zero-order chi connectivity index (χ0) is 19.5. The zero-order valence-corrected chi connectivity index (χ0v) is 16.0. The molecule has 6 heteroatoms. The van der Waals surface area contributed by atoms with Crippen molar-refractivity contribution in [1.82, 2.24) is 9.88 Å². The monoisotopic (exact) mass is 382 g/mol. The van der Waals surface area contributed by atoms with Crippen molar-refractivity contribution in [2.24, 2.45) is 0 Å². The molecule has 1 atom stereocenters. The highest BCUT2D eigenvalue weighted by Crippen LogP contribution is 2.39. The van der Waals surface area contributed by atoms with Gasteiger partial charge in [0.2, 0.25) is 5.89 Å². The summed E-state index contributed by atoms with van der Waals surface area (Å²) in [7, 11) is 3.34. The van der Waals surface area contributed by atoms with E-state index < -0.39 is 0 Å². The smallest absolute Gasteiger partial charge is 0.226 e. The van der Waals surface area contributed by atoms with Gasteiger partial charge >= 0.3 is 0 Å². The summed E-state index contributed by atoms with van der Waals surface area (Å²) in [5, 5.41) is 0. The van der Waals surface area contributed by atoms with Gasteiger partial charge in [-0.05, 0) is 49.7 Å². The molecule has 0 aliphatic carbocycles. The van der Waals surface area contributed by atoms with Crippen molar-refractivity contribution < 1.29 is 18.3 Å². The lowest BCUT2D eigenvalue weighted by Crippen LogP contribution is -2.23. The minimum Gasteiger partial charge on any atom is -0.497 e. The van der Waals surface area contributed by atoms with Gasteiger partial charge in [0.15, 0.2) is 0 Å². The summed E-state index contributed by atoms with van der Waals surface area (Å²) in [6.45, 7) is 1.67. The Hall–Kier alpha value is -2.86. The van der Waals surface area contributed by atoms with Crippen LogP contribution in [0.3, 0.4) is 0 Å². The van der Waals surface area contributed by atoms with Crippen LogP contribution in [0.4, 0.5) is 4.39 Å². The Morgan fingerprint density at radius 3 is 2.71 bits per heavy atom. The number of hydrogen-bond acceptors (Lipinski definition) is 5. The van der Waals surface area contributed by atoms with E-state index in [1.165, 1.54) is 12.1 Å². The standard InChI is InChI=1S/C22H23FN2O3/c1-26-18-9-10-19(21(12-18)27-2)20-4-3-11-25(20)13-17-14-28-22(24-17)15-5-7-16(23)8-6-15/h5-10,12,14,20H,3-4,11,13H2,1-2H3/t20-/m1/s1. The fourth-order valence-corrected chi connectivity index (χ4v) is 3.77. The van der Waals surface area contributed by atoms with E-state index in [9.17, 15) is 4.39 Å². The number of ether oxygens (including phenoxy) is 2. The molecule has 0 unspecified atom stereocenters. The summed E-state index contributed by atoms with van der Waals surface area (Å²) >= 11 is 0. The molecule has 146 valence electrons. The molecular weight excluding hydrogens is 359 g/mol. The van der Waals surface area contributed by atoms with Crippen LogP contribution in [0.15, 0.2) is 53.1 Å². The van der Waals surface area contributed by atoms with Crippen LogP contribution < -0.4 is 9.47 Å². The summed E-state index contributed by atoms with van der Waals surface area (Å²) in [6, 6.07) is 12.4. The molecule has 1 aliphatic heterocycles. The number of hydrogen-bond donors (Lipinski definition) is 0. The third-order valence-electron chi connectivity index (χ3n) is 5.17. The zero-order valence-electron chi connectivity index (χ0n) is 16.0. The molecule has 2 heterocycles. The van der Waals surface area contributed by atoms with Crippen molar-refractivity contribution >= 4 is 0 Å². The molecule has 0 amide bonds. The average Bonchev–Trinajstić information content (AvgIpc) is 3.38. The largest absolute Gasteiger partial charge is 0.497 e. The molecule has 2 aromatic carbocycles. The van der Waals surface area contributed by atoms with Gasteiger partial charge < -0.3 is 13.9 Å². The van der Waals surface area contributed by atoms with Crippen LogP contribution in [0.2, 0.25) is 0 Å². The minimum absolute atomic E-state index is 0.256. The Labute approximate surface area is 163 Å². The molecule has 0 N–H and O–H groups in total. The van der Waals surface area contributed by atoms with Crippen LogP contribution in [-0.2, 0) is 6.54 Å². The minimum atomic E-state index is -0.274. The van der Waals surface area contributed by atoms with E-state index in [0.29, 0.717) is 12.4 Å². The number of benzene rings is 2. The van der Waals surface area contributed by atoms with E-state index >= 15 is 0 Å². The molecule has 0 radical (unpaired) electrons. The molecule has 1 aliphatic rings. The second-order valence-corrected chi connectivity index (χ2v) is 6.89. The van der Waals surface area contributed by atoms with E-state index in [4.69, 9.17) is 13.9 Å². The Balaban J connectivity index is 1.53. The summed E-state index contributed by atoms with van der Waals surface area (Å²) in [6.07, 6.45) is 3.85. The number of nitrogens with zero attached hydrogens (tertiary/aromatic N) is 2. The van der Waals surface area contributed by atoms with E-state index in [2.05, 4.69) is 16.0 Å². The second-order valence-electron chi connectivity index (χ2n) is 6.89. The predicted octanol–water partition coefficient (Wildman–Crippen LogP) is 4.84. The van der Waals surface area contributed by atoms with Crippen LogP contribution in [0.5, 0.6) is 11.5 Å². The Morgan fingerprint density at radius 1 is 1.14 bits per heavy atom. The van der Waals surface area contributed by atoms with Crippen molar-refractivity contribution in [3.63, 3.8) is 0 Å². The van der Waals surface area contributed by atoms with Gasteiger partial charge in [-0.1, -0.05) is 6.07 Å². The first-order valence-corrected chi connectivity index (χ1v) is 9.34. The van der Waals surface area contributed by atoms with Crippen LogP contribution in [0.1, 0.15) is 30.1 Å². The molecule has 1 saturated heterocycles. The molecule has 5 nitrogen and oxygen atoms in total. The van der Waals surface area contributed by atoms with Crippen molar-refractivity contribution in [2.45, 2.75) is 25.4 Å². The first kappa shape index (κ1) is 18.5. The van der Waals surface area contributed by atoms with Gasteiger partial charge in [0.1, 0.15) is 23.6 Å². The van der Waals surface area contributed by atoms with Gasteiger partial charge in [-0.2, -0.15) is 0 Å². The van der Waals surface area contributed by atoms with Gasteiger partial charge in [-0.25, -0.2) is 9.37 Å². The third-order valence-corrected chi connectivity index (χ3v) is 5.17. The molecule has 4 rings (SSSR count). The van der Waals surface area contributed by atoms with Crippen LogP contribution in [-0.4, -0.2) is 30.6 Å². The molecule has 0 spiro atoms. The summed E-state index contributed by atoms with van der Waals surface area (Å²) in [4.78, 5) is 6.98. The lowest BCUT2D eigenvalue weighted by atomic mass is 10.0. The van der Waals surface area contributed by atoms with Crippen molar-refractivity contribution in [2.75, 3.05) is 20.8 Å². The Bertz CT molecular complexity index is 939. The van der Waals surface area contributed by atoms with Crippen LogP contribution >= 0.6 is 0 Å². The fraction of sp³-hybridized carbons (Fsp3) is 0.318. The van der Waals surface area contributed by atoms with Gasteiger partial charge in [0.05, 0.1) is 19.9 Å². The second kappa shape index (κ2) is 8.02. The number of aromatic nitrogens is 1. The van der Waals surface area contributed by atoms with Crippen molar-refractivity contribution in [3.05, 3.63) is 65.8 Å². The van der Waals surface area contributed by atoms with E-state index in [-0.39, 0.29) is 11.9 Å². The highest BCUT2D eigenvalue weighted by atomic mass is 19.1. The highest BCUT2D eigenvalue weighted by Gasteiger charge is 2.29. The van der Waals surface area contributed by atoms with Crippen LogP contribution in [0.25, 0.3) is 11.5 Å². The Morgan fingerprint density at radius 2 is 1.96 bits per heavy atom. The van der Waals surface area contributed by atoms with Gasteiger partial charge in [-0.15, -0.1) is 0 Å². The number of halogens is 1. The SMILES string of the molecule is COc1ccc([C@H]2CCCN2Cc2coc(-c3ccc(F)cc3)n2)c(OC)c1. The third kappa shape index (κ3) is 3.73. The first-order chi connectivity index (χ1) is 13.7. The maximum absolute atomic E-state index is 13.1. The molecule has 3 aromatic rings. The van der Waals surface area contributed by atoms with E-state index in [1.54, 1.807) is 32.6 Å². The molecule has 0 saturated carbocycles. The first-order valence-electron chi connectivity index (χ1n) is 9.34. The van der Waals surface area contributed by atoms with Crippen LogP contribution in [0, 0.1) is 5.82 Å². The lowest BCUT2D eigenvalue weighted by molar-refractivity contribution is 0.240. The lowest BCUT2D eigenvalue weighted by Gasteiger charge is -2.25. The molecular formula is C22H23FN2O3. The quantitative estimate of drug-likeness (QED) is 0.611. The number of oxazole rings is 1. The summed E-state index contributed by atoms with van der Waals surface area (Å²) in [5.74, 6) is 1.85. The van der Waals surface area contributed by atoms with Crippen molar-refractivity contribution in [3.8, 4) is 23.0 Å². The highest BCUT2D eigenvalue weighted by molar-refractivity contribution is 5.52. The van der Waals surface area contributed by atoms with Crippen molar-refractivity contribution in [1.29, 1.82) is 0 Å². The molecule has 1 aromatic heterocycles. The predicted molar refractivity (Wildman–Crippen MR) is 104 cm³/mol. The molecule has 0 bridgehead atoms. The maximum atomic E-state index is 13.1. The maximum Gasteiger partial charge on any atom is 0.226 e. The van der Waals surface area contributed by atoms with E-state index in [0.717, 1.165) is 47.7 Å². The average molecular weight is 382 g/mol. The summed E-state index contributed by atoms with van der Waals surface area (Å²) < 4.78 is 29.6.